The molecule has 0 bridgehead atoms. The maximum Gasteiger partial charge on any atom is 0.410 e. The third-order valence-electron chi connectivity index (χ3n) is 9.05. The van der Waals surface area contributed by atoms with Crippen LogP contribution in [0, 0.1) is 17.7 Å². The van der Waals surface area contributed by atoms with Crippen LogP contribution < -0.4 is 4.72 Å². The van der Waals surface area contributed by atoms with Gasteiger partial charge in [-0.2, -0.15) is 0 Å². The molecule has 5 atom stereocenters. The van der Waals surface area contributed by atoms with Crippen molar-refractivity contribution < 1.29 is 37.0 Å². The van der Waals surface area contributed by atoms with E-state index in [-0.39, 0.29) is 34.9 Å². The summed E-state index contributed by atoms with van der Waals surface area (Å²) < 4.78 is 55.3. The molecule has 2 N–H and O–H groups in total. The summed E-state index contributed by atoms with van der Waals surface area (Å²) >= 11 is 0. The van der Waals surface area contributed by atoms with Crippen LogP contribution in [0.25, 0.3) is 6.08 Å². The Balaban J connectivity index is 1.54. The van der Waals surface area contributed by atoms with Crippen LogP contribution in [-0.4, -0.2) is 93.0 Å². The molecule has 3 aliphatic rings. The number of amides is 1. The molecule has 10 nitrogen and oxygen atoms in total. The maximum absolute atomic E-state index is 15.3. The first-order chi connectivity index (χ1) is 21.3. The van der Waals surface area contributed by atoms with Gasteiger partial charge in [-0.05, 0) is 75.4 Å². The van der Waals surface area contributed by atoms with Crippen molar-refractivity contribution in [1.82, 2.24) is 14.5 Å². The van der Waals surface area contributed by atoms with Gasteiger partial charge in [0.1, 0.15) is 18.0 Å². The lowest BCUT2D eigenvalue weighted by atomic mass is 9.91. The number of aliphatic hydroxyl groups excluding tert-OH is 1. The number of carbonyl (C=O) groups is 2. The molecule has 2 aliphatic heterocycles. The first kappa shape index (κ1) is 35.1. The van der Waals surface area contributed by atoms with E-state index in [4.69, 9.17) is 9.47 Å². The Labute approximate surface area is 266 Å². The summed E-state index contributed by atoms with van der Waals surface area (Å²) in [5, 5.41) is 10.6. The molecule has 0 radical (unpaired) electrons. The van der Waals surface area contributed by atoms with Crippen LogP contribution in [0.15, 0.2) is 40.8 Å². The van der Waals surface area contributed by atoms with E-state index in [1.165, 1.54) is 18.2 Å². The van der Waals surface area contributed by atoms with Crippen molar-refractivity contribution in [2.45, 2.75) is 95.0 Å². The first-order valence-electron chi connectivity index (χ1n) is 16.0. The van der Waals surface area contributed by atoms with Crippen molar-refractivity contribution in [3.63, 3.8) is 0 Å². The van der Waals surface area contributed by atoms with Crippen molar-refractivity contribution in [3.05, 3.63) is 47.3 Å². The number of hydrogen-bond acceptors (Lipinski definition) is 8. The van der Waals surface area contributed by atoms with Crippen LogP contribution in [0.4, 0.5) is 9.18 Å². The van der Waals surface area contributed by atoms with Gasteiger partial charge in [0, 0.05) is 43.7 Å². The molecule has 12 heteroatoms. The summed E-state index contributed by atoms with van der Waals surface area (Å²) in [5.74, 6) is -1.80. The van der Waals surface area contributed by atoms with Gasteiger partial charge in [-0.25, -0.2) is 22.3 Å². The zero-order chi connectivity index (χ0) is 32.7. The SMILES string of the molecule is C/C(=C\c1ccc(S(=O)(=O)NC2CCCC2)cc1F)[C@H]1OC(=O)C[C@H](O)CC[C@H](C)[C@@H](OC(=O)N2CCN(C)CC2)/C=C\[C@@H]1C. The number of hydrogen-bond donors (Lipinski definition) is 2. The smallest absolute Gasteiger partial charge is 0.410 e. The highest BCUT2D eigenvalue weighted by molar-refractivity contribution is 7.89. The van der Waals surface area contributed by atoms with Crippen LogP contribution in [0.2, 0.25) is 0 Å². The summed E-state index contributed by atoms with van der Waals surface area (Å²) in [5.41, 5.74) is 0.683. The Morgan fingerprint density at radius 3 is 2.44 bits per heavy atom. The van der Waals surface area contributed by atoms with E-state index in [9.17, 15) is 23.1 Å². The lowest BCUT2D eigenvalue weighted by Gasteiger charge is -2.33. The molecule has 250 valence electrons. The normalized spacial score (nSPS) is 29.0. The molecule has 4 rings (SSSR count). The van der Waals surface area contributed by atoms with Crippen LogP contribution in [0.1, 0.15) is 71.3 Å². The van der Waals surface area contributed by atoms with E-state index >= 15 is 4.39 Å². The monoisotopic (exact) mass is 649 g/mol. The van der Waals surface area contributed by atoms with Gasteiger partial charge in [-0.3, -0.25) is 4.79 Å². The van der Waals surface area contributed by atoms with E-state index in [0.717, 1.165) is 44.8 Å². The number of rotatable bonds is 6. The molecule has 2 fully saturated rings. The summed E-state index contributed by atoms with van der Waals surface area (Å²) in [6, 6.07) is 3.64. The van der Waals surface area contributed by atoms with Crippen LogP contribution in [0.5, 0.6) is 0 Å². The fourth-order valence-corrected chi connectivity index (χ4v) is 7.40. The Kier molecular flexibility index (Phi) is 12.2. The van der Waals surface area contributed by atoms with E-state index in [0.29, 0.717) is 31.5 Å². The van der Waals surface area contributed by atoms with Crippen molar-refractivity contribution >= 4 is 28.2 Å². The Morgan fingerprint density at radius 2 is 1.78 bits per heavy atom. The number of nitrogens with zero attached hydrogens (tertiary/aromatic N) is 2. The summed E-state index contributed by atoms with van der Waals surface area (Å²) in [6.07, 6.45) is 6.63. The quantitative estimate of drug-likeness (QED) is 0.341. The highest BCUT2D eigenvalue weighted by Gasteiger charge is 2.29. The van der Waals surface area contributed by atoms with E-state index in [2.05, 4.69) is 9.62 Å². The second-order valence-corrected chi connectivity index (χ2v) is 14.6. The number of likely N-dealkylation sites (N-methyl/N-ethyl adjacent to an activating group) is 1. The van der Waals surface area contributed by atoms with Gasteiger partial charge in [-0.1, -0.05) is 38.8 Å². The predicted octanol–water partition coefficient (Wildman–Crippen LogP) is 4.49. The van der Waals surface area contributed by atoms with Gasteiger partial charge in [0.2, 0.25) is 10.0 Å². The van der Waals surface area contributed by atoms with Gasteiger partial charge < -0.3 is 24.4 Å². The largest absolute Gasteiger partial charge is 0.457 e. The number of cyclic esters (lactones) is 1. The van der Waals surface area contributed by atoms with Crippen molar-refractivity contribution in [3.8, 4) is 0 Å². The zero-order valence-electron chi connectivity index (χ0n) is 26.8. The number of nitrogens with one attached hydrogen (secondary N) is 1. The highest BCUT2D eigenvalue weighted by Crippen LogP contribution is 2.27. The average molecular weight is 650 g/mol. The number of ether oxygens (including phenoxy) is 2. The van der Waals surface area contributed by atoms with Gasteiger partial charge in [-0.15, -0.1) is 0 Å². The number of benzene rings is 1. The van der Waals surface area contributed by atoms with Crippen LogP contribution in [-0.2, 0) is 24.3 Å². The van der Waals surface area contributed by atoms with Gasteiger partial charge >= 0.3 is 12.1 Å². The molecule has 0 aromatic heterocycles. The van der Waals surface area contributed by atoms with E-state index in [1.807, 2.05) is 33.0 Å². The second kappa shape index (κ2) is 15.7. The minimum atomic E-state index is -3.86. The summed E-state index contributed by atoms with van der Waals surface area (Å²) in [6.45, 7) is 8.21. The van der Waals surface area contributed by atoms with Crippen LogP contribution >= 0.6 is 0 Å². The predicted molar refractivity (Wildman–Crippen MR) is 169 cm³/mol. The Bertz CT molecular complexity index is 1350. The molecule has 0 unspecified atom stereocenters. The first-order valence-corrected chi connectivity index (χ1v) is 17.5. The average Bonchev–Trinajstić information content (AvgIpc) is 3.49. The van der Waals surface area contributed by atoms with Crippen LogP contribution in [0.3, 0.4) is 0 Å². The number of piperazine rings is 1. The minimum absolute atomic E-state index is 0.114. The number of aliphatic hydroxyl groups is 1. The molecule has 1 aromatic rings. The Hall–Kier alpha value is -2.80. The standard InChI is InChI=1S/C33H48FN3O7S/c1-22-9-12-27(38)20-31(39)44-32(23(2)10-14-30(22)43-33(40)37-17-15-36(4)16-18-37)24(3)19-25-11-13-28(21-29(25)34)45(41,42)35-26-7-5-6-8-26/h10-11,13-14,19,21-23,26-27,30,32,35,38H,5-9,12,15-18,20H2,1-4H3/b14-10-,24-19+/t22-,23-,27+,30-,32-/m0/s1. The van der Waals surface area contributed by atoms with Gasteiger partial charge in [0.05, 0.1) is 17.4 Å². The maximum atomic E-state index is 15.3. The molecule has 1 aromatic carbocycles. The highest BCUT2D eigenvalue weighted by atomic mass is 32.2. The molecule has 1 amide bonds. The molecule has 1 aliphatic carbocycles. The molecular formula is C33H48FN3O7S. The van der Waals surface area contributed by atoms with Crippen molar-refractivity contribution in [2.24, 2.45) is 11.8 Å². The van der Waals surface area contributed by atoms with E-state index < -0.39 is 46.0 Å². The number of halogens is 1. The van der Waals surface area contributed by atoms with Crippen molar-refractivity contribution in [1.29, 1.82) is 0 Å². The lowest BCUT2D eigenvalue weighted by molar-refractivity contribution is -0.151. The third-order valence-corrected chi connectivity index (χ3v) is 10.6. The second-order valence-electron chi connectivity index (χ2n) is 12.9. The molecule has 45 heavy (non-hydrogen) atoms. The summed E-state index contributed by atoms with van der Waals surface area (Å²) in [4.78, 5) is 29.5. The molecule has 1 saturated heterocycles. The number of sulfonamides is 1. The molecular weight excluding hydrogens is 601 g/mol. The van der Waals surface area contributed by atoms with Crippen molar-refractivity contribution in [2.75, 3.05) is 33.2 Å². The topological polar surface area (TPSA) is 125 Å². The molecule has 2 heterocycles. The number of carbonyl (C=O) groups excluding carboxylic acids is 2. The fraction of sp³-hybridized carbons (Fsp3) is 0.636. The summed E-state index contributed by atoms with van der Waals surface area (Å²) in [7, 11) is -1.85. The molecule has 1 saturated carbocycles. The lowest BCUT2D eigenvalue weighted by Crippen LogP contribution is -2.48. The number of esters is 1. The zero-order valence-corrected chi connectivity index (χ0v) is 27.6. The third kappa shape index (κ3) is 9.84. The fourth-order valence-electron chi connectivity index (χ4n) is 6.08. The molecule has 0 spiro atoms. The van der Waals surface area contributed by atoms with E-state index in [1.54, 1.807) is 11.8 Å². The minimum Gasteiger partial charge on any atom is -0.457 e. The van der Waals surface area contributed by atoms with Gasteiger partial charge in [0.25, 0.3) is 0 Å². The Morgan fingerprint density at radius 1 is 1.09 bits per heavy atom. The van der Waals surface area contributed by atoms with Gasteiger partial charge in [0.15, 0.2) is 0 Å².